The molecule has 1 saturated heterocycles. The fraction of sp³-hybridized carbons (Fsp3) is 0.520. The van der Waals surface area contributed by atoms with Crippen LogP contribution in [0.1, 0.15) is 50.7 Å². The lowest BCUT2D eigenvalue weighted by Crippen LogP contribution is -2.57. The van der Waals surface area contributed by atoms with Crippen LogP contribution in [0.5, 0.6) is 28.7 Å². The highest BCUT2D eigenvalue weighted by Crippen LogP contribution is 2.54. The Bertz CT molecular complexity index is 971. The average Bonchev–Trinajstić information content (AvgIpc) is 3.46. The molecule has 0 spiro atoms. The molecule has 0 amide bonds. The molecule has 31 heavy (non-hydrogen) atoms. The molecule has 3 atom stereocenters. The summed E-state index contributed by atoms with van der Waals surface area (Å²) in [4.78, 5) is 2.49. The van der Waals surface area contributed by atoms with Crippen molar-refractivity contribution < 1.29 is 23.7 Å². The van der Waals surface area contributed by atoms with Crippen LogP contribution >= 0.6 is 0 Å². The first kappa shape index (κ1) is 20.3. The van der Waals surface area contributed by atoms with Crippen LogP contribution in [0, 0.1) is 5.92 Å². The Kier molecular flexibility index (Phi) is 5.13. The molecule has 6 nitrogen and oxygen atoms in total. The Hall–Kier alpha value is -2.60. The first-order valence-electron chi connectivity index (χ1n) is 11.2. The maximum absolute atomic E-state index is 6.75. The topological polar surface area (TPSA) is 49.4 Å². The lowest BCUT2D eigenvalue weighted by Gasteiger charge is -2.50. The molecule has 0 N–H and O–H groups in total. The van der Waals surface area contributed by atoms with Crippen LogP contribution in [0.2, 0.25) is 0 Å². The minimum Gasteiger partial charge on any atom is -0.496 e. The predicted octanol–water partition coefficient (Wildman–Crippen LogP) is 4.80. The third-order valence-electron chi connectivity index (χ3n) is 7.09. The largest absolute Gasteiger partial charge is 0.496 e. The molecule has 2 aromatic rings. The van der Waals surface area contributed by atoms with Gasteiger partial charge in [0.15, 0.2) is 17.2 Å². The van der Waals surface area contributed by atoms with E-state index < -0.39 is 5.72 Å². The Balaban J connectivity index is 1.66. The van der Waals surface area contributed by atoms with Gasteiger partial charge in [0.05, 0.1) is 13.7 Å². The number of ether oxygens (including phenoxy) is 5. The van der Waals surface area contributed by atoms with E-state index in [0.29, 0.717) is 6.61 Å². The molecule has 0 aliphatic carbocycles. The van der Waals surface area contributed by atoms with Crippen LogP contribution in [0.25, 0.3) is 0 Å². The molecule has 3 heterocycles. The van der Waals surface area contributed by atoms with Crippen molar-refractivity contribution in [2.45, 2.75) is 45.3 Å². The van der Waals surface area contributed by atoms with E-state index in [1.54, 1.807) is 7.11 Å². The van der Waals surface area contributed by atoms with Crippen molar-refractivity contribution in [2.24, 2.45) is 5.92 Å². The molecule has 0 bridgehead atoms. The zero-order chi connectivity index (χ0) is 21.6. The maximum Gasteiger partial charge on any atom is 0.231 e. The Morgan fingerprint density at radius 3 is 2.48 bits per heavy atom. The van der Waals surface area contributed by atoms with Crippen LogP contribution < -0.4 is 23.7 Å². The monoisotopic (exact) mass is 425 g/mol. The minimum atomic E-state index is -0.425. The summed E-state index contributed by atoms with van der Waals surface area (Å²) in [5.41, 5.74) is 1.81. The smallest absolute Gasteiger partial charge is 0.231 e. The van der Waals surface area contributed by atoms with Crippen molar-refractivity contribution in [3.63, 3.8) is 0 Å². The first-order chi connectivity index (χ1) is 15.0. The molecule has 2 aromatic carbocycles. The quantitative estimate of drug-likeness (QED) is 0.686. The van der Waals surface area contributed by atoms with E-state index in [9.17, 15) is 0 Å². The van der Waals surface area contributed by atoms with Crippen LogP contribution in [0.15, 0.2) is 30.3 Å². The molecule has 0 radical (unpaired) electrons. The van der Waals surface area contributed by atoms with Crippen LogP contribution in [0.4, 0.5) is 0 Å². The summed E-state index contributed by atoms with van der Waals surface area (Å²) >= 11 is 0. The molecular weight excluding hydrogens is 394 g/mol. The average molecular weight is 426 g/mol. The number of hydrogen-bond acceptors (Lipinski definition) is 6. The van der Waals surface area contributed by atoms with E-state index in [-0.39, 0.29) is 18.6 Å². The van der Waals surface area contributed by atoms with Gasteiger partial charge in [-0.05, 0) is 38.8 Å². The molecule has 0 aromatic heterocycles. The van der Waals surface area contributed by atoms with Gasteiger partial charge in [-0.2, -0.15) is 0 Å². The standard InChI is InChI=1S/C25H31NO5/c1-5-28-17-8-9-18(20(12-17)27-4)24-16(2)25(3,26-10-6-7-11-26)31-21-14-23-22(13-19(21)24)29-15-30-23/h8-9,12-14,16,24H,5-7,10-11,15H2,1-4H3. The van der Waals surface area contributed by atoms with E-state index in [2.05, 4.69) is 30.9 Å². The Morgan fingerprint density at radius 2 is 1.77 bits per heavy atom. The van der Waals surface area contributed by atoms with Crippen molar-refractivity contribution in [1.82, 2.24) is 4.90 Å². The molecule has 5 rings (SSSR count). The van der Waals surface area contributed by atoms with Gasteiger partial charge in [-0.25, -0.2) is 0 Å². The summed E-state index contributed by atoms with van der Waals surface area (Å²) in [6, 6.07) is 10.2. The van der Waals surface area contributed by atoms with Crippen molar-refractivity contribution in [3.8, 4) is 28.7 Å². The summed E-state index contributed by atoms with van der Waals surface area (Å²) in [5, 5.41) is 0. The molecule has 3 aliphatic heterocycles. The second kappa shape index (κ2) is 7.83. The normalized spacial score (nSPS) is 27.0. The van der Waals surface area contributed by atoms with Gasteiger partial charge in [0, 0.05) is 48.2 Å². The Morgan fingerprint density at radius 1 is 1.03 bits per heavy atom. The highest BCUT2D eigenvalue weighted by atomic mass is 16.7. The van der Waals surface area contributed by atoms with Gasteiger partial charge < -0.3 is 23.7 Å². The van der Waals surface area contributed by atoms with Gasteiger partial charge in [0.2, 0.25) is 6.79 Å². The summed E-state index contributed by atoms with van der Waals surface area (Å²) in [6.07, 6.45) is 2.41. The first-order valence-corrected chi connectivity index (χ1v) is 11.2. The van der Waals surface area contributed by atoms with Gasteiger partial charge in [0.1, 0.15) is 17.2 Å². The summed E-state index contributed by atoms with van der Waals surface area (Å²) in [7, 11) is 1.72. The number of benzene rings is 2. The van der Waals surface area contributed by atoms with E-state index in [1.807, 2.05) is 25.1 Å². The van der Waals surface area contributed by atoms with Crippen molar-refractivity contribution >= 4 is 0 Å². The molecule has 3 unspecified atom stereocenters. The molecule has 6 heteroatoms. The van der Waals surface area contributed by atoms with Crippen molar-refractivity contribution in [1.29, 1.82) is 0 Å². The van der Waals surface area contributed by atoms with E-state index in [0.717, 1.165) is 53.0 Å². The lowest BCUT2D eigenvalue weighted by atomic mass is 9.73. The van der Waals surface area contributed by atoms with Gasteiger partial charge in [-0.15, -0.1) is 0 Å². The van der Waals surface area contributed by atoms with E-state index in [4.69, 9.17) is 23.7 Å². The number of methoxy groups -OCH3 is 1. The van der Waals surface area contributed by atoms with Gasteiger partial charge >= 0.3 is 0 Å². The Labute approximate surface area is 184 Å². The highest BCUT2D eigenvalue weighted by molar-refractivity contribution is 5.58. The zero-order valence-electron chi connectivity index (χ0n) is 18.8. The second-order valence-corrected chi connectivity index (χ2v) is 8.70. The number of fused-ring (bicyclic) bond motifs is 2. The molecule has 3 aliphatic rings. The number of rotatable bonds is 5. The van der Waals surface area contributed by atoms with Crippen LogP contribution in [-0.4, -0.2) is 44.2 Å². The van der Waals surface area contributed by atoms with E-state index in [1.165, 1.54) is 12.8 Å². The van der Waals surface area contributed by atoms with Crippen molar-refractivity contribution in [2.75, 3.05) is 33.6 Å². The maximum atomic E-state index is 6.75. The highest BCUT2D eigenvalue weighted by Gasteiger charge is 2.50. The predicted molar refractivity (Wildman–Crippen MR) is 118 cm³/mol. The fourth-order valence-corrected chi connectivity index (χ4v) is 5.32. The molecular formula is C25H31NO5. The summed E-state index contributed by atoms with van der Waals surface area (Å²) in [5.74, 6) is 4.29. The van der Waals surface area contributed by atoms with Gasteiger partial charge in [-0.1, -0.05) is 13.0 Å². The summed E-state index contributed by atoms with van der Waals surface area (Å²) < 4.78 is 29.7. The van der Waals surface area contributed by atoms with Gasteiger partial charge in [-0.3, -0.25) is 4.90 Å². The lowest BCUT2D eigenvalue weighted by molar-refractivity contribution is -0.114. The number of nitrogens with zero attached hydrogens (tertiary/aromatic N) is 1. The second-order valence-electron chi connectivity index (χ2n) is 8.70. The molecule has 1 fully saturated rings. The van der Waals surface area contributed by atoms with Crippen molar-refractivity contribution in [3.05, 3.63) is 41.5 Å². The van der Waals surface area contributed by atoms with Crippen LogP contribution in [0.3, 0.4) is 0 Å². The van der Waals surface area contributed by atoms with Gasteiger partial charge in [0.25, 0.3) is 0 Å². The fourth-order valence-electron chi connectivity index (χ4n) is 5.32. The minimum absolute atomic E-state index is 0.0782. The third-order valence-corrected chi connectivity index (χ3v) is 7.09. The third kappa shape index (κ3) is 3.28. The zero-order valence-corrected chi connectivity index (χ0v) is 18.8. The SMILES string of the molecule is CCOc1ccc(C2c3cc4c(cc3OC(C)(N3CCCC3)C2C)OCO4)c(OC)c1. The van der Waals surface area contributed by atoms with Crippen LogP contribution in [-0.2, 0) is 0 Å². The summed E-state index contributed by atoms with van der Waals surface area (Å²) in [6.45, 7) is 9.46. The number of hydrogen-bond donors (Lipinski definition) is 0. The number of likely N-dealkylation sites (tertiary alicyclic amines) is 1. The van der Waals surface area contributed by atoms with E-state index >= 15 is 0 Å². The molecule has 0 saturated carbocycles. The molecule has 166 valence electrons.